The Hall–Kier alpha value is -6.32. The van der Waals surface area contributed by atoms with Gasteiger partial charge in [0.25, 0.3) is 0 Å². The molecule has 1 atom stereocenters. The standard InChI is InChI=1S/C25H29N3.C16H20N2.C5H5N.C3H6.C2H2/c1-18-12-13-20(17-18)23(28-24(26-5)22-11-6-7-16-27-22)19-9-8-10-21(15-14-19)25(2,3)4;1-6-9-11-15-12(4)16(18-13(5)17-15)14(8-3)10-7-2;1-2-4-6-5-3-1;1-3-2;1-2/h6-7,9-17,20H,8H2,1-5H3;6-11H,1H2,2-5H3;1-5H;3H,1H2,2H3;1-2H/b;10-7-,11-9-,14-8+;;;. The van der Waals surface area contributed by atoms with Gasteiger partial charge < -0.3 is 0 Å². The van der Waals surface area contributed by atoms with E-state index in [-0.39, 0.29) is 11.3 Å². The van der Waals surface area contributed by atoms with E-state index in [9.17, 15) is 0 Å². The van der Waals surface area contributed by atoms with E-state index >= 15 is 0 Å². The van der Waals surface area contributed by atoms with E-state index in [0.717, 1.165) is 51.7 Å². The maximum atomic E-state index is 5.00. The predicted molar refractivity (Wildman–Crippen MR) is 249 cm³/mol. The van der Waals surface area contributed by atoms with Gasteiger partial charge in [0.2, 0.25) is 0 Å². The van der Waals surface area contributed by atoms with E-state index in [0.29, 0.717) is 5.84 Å². The summed E-state index contributed by atoms with van der Waals surface area (Å²) >= 11 is 0. The Morgan fingerprint density at radius 3 is 2.07 bits per heavy atom. The van der Waals surface area contributed by atoms with Crippen LogP contribution in [0.1, 0.15) is 83.4 Å². The Morgan fingerprint density at radius 2 is 1.58 bits per heavy atom. The number of rotatable bonds is 7. The Bertz CT molecular complexity index is 2010. The van der Waals surface area contributed by atoms with Crippen LogP contribution in [-0.2, 0) is 0 Å². The lowest BCUT2D eigenvalue weighted by atomic mass is 9.85. The number of amidine groups is 1. The van der Waals surface area contributed by atoms with Crippen LogP contribution in [0.25, 0.3) is 11.6 Å². The Labute approximate surface area is 344 Å². The number of nitrogens with zero attached hydrogens (tertiary/aromatic N) is 6. The van der Waals surface area contributed by atoms with E-state index in [2.05, 4.69) is 133 Å². The highest BCUT2D eigenvalue weighted by molar-refractivity contribution is 6.15. The van der Waals surface area contributed by atoms with E-state index in [4.69, 9.17) is 4.99 Å². The van der Waals surface area contributed by atoms with Crippen LogP contribution in [-0.4, -0.2) is 38.5 Å². The number of aromatic nitrogens is 4. The minimum atomic E-state index is 0.130. The molecule has 3 aromatic rings. The first-order valence-electron chi connectivity index (χ1n) is 19.1. The van der Waals surface area contributed by atoms with Crippen molar-refractivity contribution in [1.82, 2.24) is 19.9 Å². The van der Waals surface area contributed by atoms with Crippen molar-refractivity contribution in [3.8, 4) is 12.8 Å². The number of pyridine rings is 2. The Balaban J connectivity index is 0.000000476. The van der Waals surface area contributed by atoms with E-state index < -0.39 is 0 Å². The molecule has 0 saturated carbocycles. The van der Waals surface area contributed by atoms with Gasteiger partial charge in [-0.05, 0) is 100 Å². The maximum absolute atomic E-state index is 5.00. The fourth-order valence-electron chi connectivity index (χ4n) is 5.41. The summed E-state index contributed by atoms with van der Waals surface area (Å²) in [5, 5.41) is 0. The van der Waals surface area contributed by atoms with Gasteiger partial charge in [-0.3, -0.25) is 15.0 Å². The molecule has 0 bridgehead atoms. The summed E-state index contributed by atoms with van der Waals surface area (Å²) in [6, 6.07) is 11.5. The zero-order valence-corrected chi connectivity index (χ0v) is 35.8. The van der Waals surface area contributed by atoms with Crippen LogP contribution in [0.4, 0.5) is 0 Å². The van der Waals surface area contributed by atoms with Gasteiger partial charge in [-0.25, -0.2) is 15.0 Å². The molecule has 0 saturated heterocycles. The van der Waals surface area contributed by atoms with Crippen molar-refractivity contribution in [3.63, 3.8) is 0 Å². The first-order valence-corrected chi connectivity index (χ1v) is 19.1. The molecule has 2 aliphatic rings. The van der Waals surface area contributed by atoms with E-state index in [1.807, 2.05) is 89.2 Å². The molecular weight excluding hydrogens is 697 g/mol. The molecule has 3 aromatic heterocycles. The monoisotopic (exact) mass is 759 g/mol. The quantitative estimate of drug-likeness (QED) is 0.0790. The normalized spacial score (nSPS) is 15.2. The van der Waals surface area contributed by atoms with E-state index in [1.54, 1.807) is 37.8 Å². The topological polar surface area (TPSA) is 76.3 Å². The van der Waals surface area contributed by atoms with Crippen LogP contribution in [0.3, 0.4) is 0 Å². The number of hydrogen-bond donors (Lipinski definition) is 0. The van der Waals surface area contributed by atoms with Crippen molar-refractivity contribution in [2.75, 3.05) is 7.05 Å². The minimum absolute atomic E-state index is 0.130. The molecule has 57 heavy (non-hydrogen) atoms. The van der Waals surface area contributed by atoms with Crippen molar-refractivity contribution >= 4 is 23.2 Å². The number of aliphatic imine (C=N–C) groups is 2. The zero-order chi connectivity index (χ0) is 42.6. The van der Waals surface area contributed by atoms with Crippen molar-refractivity contribution < 1.29 is 0 Å². The molecule has 5 rings (SSSR count). The second-order valence-electron chi connectivity index (χ2n) is 13.6. The molecule has 0 radical (unpaired) electrons. The van der Waals surface area contributed by atoms with Gasteiger partial charge in [0, 0.05) is 37.1 Å². The minimum Gasteiger partial charge on any atom is -0.268 e. The zero-order valence-electron chi connectivity index (χ0n) is 35.8. The van der Waals surface area contributed by atoms with Gasteiger partial charge in [-0.15, -0.1) is 19.4 Å². The first kappa shape index (κ1) is 48.7. The average Bonchev–Trinajstić information content (AvgIpc) is 3.49. The molecule has 0 aromatic carbocycles. The molecular formula is C51H62N6. The van der Waals surface area contributed by atoms with Crippen LogP contribution >= 0.6 is 0 Å². The molecule has 3 heterocycles. The number of aryl methyl sites for hydroxylation is 1. The van der Waals surface area contributed by atoms with Gasteiger partial charge in [0.05, 0.1) is 17.1 Å². The van der Waals surface area contributed by atoms with Crippen molar-refractivity contribution in [2.45, 2.75) is 68.7 Å². The highest BCUT2D eigenvalue weighted by Crippen LogP contribution is 2.30. The van der Waals surface area contributed by atoms with Gasteiger partial charge >= 0.3 is 0 Å². The fraction of sp³-hybridized carbons (Fsp3) is 0.255. The highest BCUT2D eigenvalue weighted by atomic mass is 14.9. The summed E-state index contributed by atoms with van der Waals surface area (Å²) in [5.74, 6) is 1.58. The molecule has 296 valence electrons. The summed E-state index contributed by atoms with van der Waals surface area (Å²) in [7, 11) is 1.77. The third kappa shape index (κ3) is 17.4. The lowest BCUT2D eigenvalue weighted by Crippen LogP contribution is -2.15. The molecule has 6 heteroatoms. The summed E-state index contributed by atoms with van der Waals surface area (Å²) < 4.78 is 0. The lowest BCUT2D eigenvalue weighted by Gasteiger charge is -2.19. The molecule has 0 N–H and O–H groups in total. The summed E-state index contributed by atoms with van der Waals surface area (Å²) in [6.07, 6.45) is 43.3. The second-order valence-corrected chi connectivity index (χ2v) is 13.6. The Morgan fingerprint density at radius 1 is 0.895 bits per heavy atom. The van der Waals surface area contributed by atoms with Crippen LogP contribution in [0.5, 0.6) is 0 Å². The molecule has 2 aliphatic carbocycles. The van der Waals surface area contributed by atoms with Crippen LogP contribution in [0.15, 0.2) is 174 Å². The first-order chi connectivity index (χ1) is 27.4. The smallest absolute Gasteiger partial charge is 0.173 e. The van der Waals surface area contributed by atoms with Gasteiger partial charge in [-0.1, -0.05) is 124 Å². The van der Waals surface area contributed by atoms with Gasteiger partial charge in [0.15, 0.2) is 5.84 Å². The number of allylic oxidation sites excluding steroid dienone is 17. The summed E-state index contributed by atoms with van der Waals surface area (Å²) in [4.78, 5) is 26.6. The SMILES string of the molecule is C#C.C=C/C=C\c1nc(C)nc(C(/C=C\C)=C/C)c1C.C=CC.CN=C(N=C(C1=CCC=C(C(C)(C)C)C=C1)C1C=CC(C)=C1)c1ccccn1.c1ccncc1. The number of hydrogen-bond acceptors (Lipinski definition) is 5. The summed E-state index contributed by atoms with van der Waals surface area (Å²) in [5.41, 5.74) is 9.83. The lowest BCUT2D eigenvalue weighted by molar-refractivity contribution is 0.515. The summed E-state index contributed by atoms with van der Waals surface area (Å²) in [6.45, 7) is 25.8. The molecule has 0 aliphatic heterocycles. The van der Waals surface area contributed by atoms with Crippen LogP contribution in [0.2, 0.25) is 0 Å². The molecule has 6 nitrogen and oxygen atoms in total. The highest BCUT2D eigenvalue weighted by Gasteiger charge is 2.21. The third-order valence-electron chi connectivity index (χ3n) is 8.12. The van der Waals surface area contributed by atoms with Gasteiger partial charge in [-0.2, -0.15) is 0 Å². The fourth-order valence-corrected chi connectivity index (χ4v) is 5.41. The predicted octanol–water partition coefficient (Wildman–Crippen LogP) is 12.7. The largest absolute Gasteiger partial charge is 0.268 e. The third-order valence-corrected chi connectivity index (χ3v) is 8.12. The Kier molecular flexibility index (Phi) is 23.3. The molecule has 0 spiro atoms. The van der Waals surface area contributed by atoms with Crippen molar-refractivity contribution in [2.24, 2.45) is 21.3 Å². The maximum Gasteiger partial charge on any atom is 0.173 e. The molecule has 0 fully saturated rings. The molecule has 0 amide bonds. The van der Waals surface area contributed by atoms with Crippen LogP contribution in [0, 0.1) is 38.0 Å². The van der Waals surface area contributed by atoms with Gasteiger partial charge in [0.1, 0.15) is 11.5 Å². The van der Waals surface area contributed by atoms with Crippen LogP contribution < -0.4 is 0 Å². The van der Waals surface area contributed by atoms with Crippen molar-refractivity contribution in [1.29, 1.82) is 0 Å². The second kappa shape index (κ2) is 27.3. The van der Waals surface area contributed by atoms with Crippen molar-refractivity contribution in [3.05, 3.63) is 192 Å². The molecule has 1 unspecified atom stereocenters. The average molecular weight is 759 g/mol. The van der Waals surface area contributed by atoms with E-state index in [1.165, 1.54) is 11.1 Å². The number of terminal acetylenes is 1.